The van der Waals surface area contributed by atoms with Crippen molar-refractivity contribution < 1.29 is 19.0 Å². The molecule has 0 radical (unpaired) electrons. The van der Waals surface area contributed by atoms with Crippen LogP contribution in [-0.4, -0.2) is 40.6 Å². The minimum atomic E-state index is -1.47. The number of halogens is 1. The predicted octanol–water partition coefficient (Wildman–Crippen LogP) is 1.92. The van der Waals surface area contributed by atoms with E-state index in [1.54, 1.807) is 27.7 Å². The van der Waals surface area contributed by atoms with Crippen molar-refractivity contribution in [3.05, 3.63) is 0 Å². The Morgan fingerprint density at radius 1 is 1.50 bits per heavy atom. The second-order valence-corrected chi connectivity index (χ2v) is 5.26. The molecule has 5 heteroatoms. The van der Waals surface area contributed by atoms with E-state index < -0.39 is 30.0 Å². The summed E-state index contributed by atoms with van der Waals surface area (Å²) in [5.41, 5.74) is -0.629. The molecular weight excluding hydrogens is 213 g/mol. The molecule has 1 amide bonds. The second-order valence-electron chi connectivity index (χ2n) is 5.26. The van der Waals surface area contributed by atoms with E-state index in [2.05, 4.69) is 0 Å². The molecule has 1 heterocycles. The molecule has 0 bridgehead atoms. The summed E-state index contributed by atoms with van der Waals surface area (Å²) in [5.74, 6) is -0.568. The Kier molecular flexibility index (Phi) is 3.78. The van der Waals surface area contributed by atoms with E-state index >= 15 is 0 Å². The number of piperidine rings is 1. The molecule has 1 aliphatic rings. The third-order valence-electron chi connectivity index (χ3n) is 2.63. The van der Waals surface area contributed by atoms with Gasteiger partial charge in [0.05, 0.1) is 6.10 Å². The number of amides is 1. The molecular formula is C11H20FNO3. The first-order valence-electron chi connectivity index (χ1n) is 5.54. The van der Waals surface area contributed by atoms with Crippen LogP contribution >= 0.6 is 0 Å². The highest BCUT2D eigenvalue weighted by atomic mass is 19.1. The maximum atomic E-state index is 13.8. The van der Waals surface area contributed by atoms with Crippen LogP contribution in [0.15, 0.2) is 0 Å². The molecule has 0 aromatic rings. The summed E-state index contributed by atoms with van der Waals surface area (Å²) < 4.78 is 18.9. The van der Waals surface area contributed by atoms with Gasteiger partial charge in [-0.25, -0.2) is 9.18 Å². The van der Waals surface area contributed by atoms with E-state index in [9.17, 15) is 14.3 Å². The van der Waals surface area contributed by atoms with E-state index in [1.165, 1.54) is 0 Å². The molecule has 0 aliphatic carbocycles. The molecule has 0 spiro atoms. The van der Waals surface area contributed by atoms with Crippen LogP contribution in [0.5, 0.6) is 0 Å². The molecule has 3 atom stereocenters. The van der Waals surface area contributed by atoms with Gasteiger partial charge in [-0.3, -0.25) is 4.90 Å². The Balaban J connectivity index is 2.64. The molecule has 0 aromatic carbocycles. The smallest absolute Gasteiger partial charge is 0.412 e. The quantitative estimate of drug-likeness (QED) is 0.650. The molecule has 1 rings (SSSR count). The summed E-state index contributed by atoms with van der Waals surface area (Å²) in [4.78, 5) is 12.7. The van der Waals surface area contributed by atoms with E-state index in [4.69, 9.17) is 4.74 Å². The SMILES string of the molecule is CC1C(O)CCN(C(=O)OC(C)(C)C)C1F. The Morgan fingerprint density at radius 3 is 2.56 bits per heavy atom. The number of aliphatic hydroxyl groups is 1. The van der Waals surface area contributed by atoms with Gasteiger partial charge in [0, 0.05) is 12.5 Å². The zero-order valence-electron chi connectivity index (χ0n) is 10.2. The van der Waals surface area contributed by atoms with Crippen molar-refractivity contribution in [1.82, 2.24) is 4.90 Å². The molecule has 1 aliphatic heterocycles. The standard InChI is InChI=1S/C11H20FNO3/c1-7-8(14)5-6-13(9(7)12)10(15)16-11(2,3)4/h7-9,14H,5-6H2,1-4H3. The number of carbonyl (C=O) groups excluding carboxylic acids is 1. The molecule has 16 heavy (non-hydrogen) atoms. The summed E-state index contributed by atoms with van der Waals surface area (Å²) in [5, 5.41) is 9.46. The van der Waals surface area contributed by atoms with Crippen LogP contribution in [0.4, 0.5) is 9.18 Å². The van der Waals surface area contributed by atoms with Crippen molar-refractivity contribution in [3.63, 3.8) is 0 Å². The number of ether oxygens (including phenoxy) is 1. The maximum Gasteiger partial charge on any atom is 0.412 e. The molecule has 4 nitrogen and oxygen atoms in total. The van der Waals surface area contributed by atoms with Crippen LogP contribution in [0.2, 0.25) is 0 Å². The third-order valence-corrected chi connectivity index (χ3v) is 2.63. The number of nitrogens with zero attached hydrogens (tertiary/aromatic N) is 1. The average Bonchev–Trinajstić information content (AvgIpc) is 2.11. The molecule has 1 N–H and O–H groups in total. The number of carbonyl (C=O) groups is 1. The van der Waals surface area contributed by atoms with Crippen LogP contribution in [0.25, 0.3) is 0 Å². The topological polar surface area (TPSA) is 49.8 Å². The minimum absolute atomic E-state index is 0.196. The summed E-state index contributed by atoms with van der Waals surface area (Å²) >= 11 is 0. The highest BCUT2D eigenvalue weighted by Crippen LogP contribution is 2.26. The first-order valence-corrected chi connectivity index (χ1v) is 5.54. The number of hydrogen-bond donors (Lipinski definition) is 1. The van der Waals surface area contributed by atoms with Gasteiger partial charge in [0.2, 0.25) is 0 Å². The monoisotopic (exact) mass is 233 g/mol. The normalized spacial score (nSPS) is 31.4. The lowest BCUT2D eigenvalue weighted by molar-refractivity contribution is -0.0712. The lowest BCUT2D eigenvalue weighted by Crippen LogP contribution is -2.51. The van der Waals surface area contributed by atoms with Crippen molar-refractivity contribution in [2.45, 2.75) is 52.1 Å². The van der Waals surface area contributed by atoms with E-state index in [1.807, 2.05) is 0 Å². The van der Waals surface area contributed by atoms with E-state index in [0.717, 1.165) is 4.90 Å². The summed E-state index contributed by atoms with van der Waals surface area (Å²) in [6.07, 6.45) is -2.42. The summed E-state index contributed by atoms with van der Waals surface area (Å²) in [7, 11) is 0. The molecule has 0 aromatic heterocycles. The van der Waals surface area contributed by atoms with Gasteiger partial charge >= 0.3 is 6.09 Å². The Morgan fingerprint density at radius 2 is 2.06 bits per heavy atom. The number of aliphatic hydroxyl groups excluding tert-OH is 1. The zero-order valence-corrected chi connectivity index (χ0v) is 10.2. The molecule has 1 fully saturated rings. The van der Waals surface area contributed by atoms with Crippen LogP contribution in [0, 0.1) is 5.92 Å². The molecule has 1 saturated heterocycles. The number of alkyl halides is 1. The van der Waals surface area contributed by atoms with Gasteiger partial charge in [0.25, 0.3) is 0 Å². The van der Waals surface area contributed by atoms with Gasteiger partial charge in [0.15, 0.2) is 6.30 Å². The molecule has 94 valence electrons. The first kappa shape index (κ1) is 13.2. The Hall–Kier alpha value is -0.840. The largest absolute Gasteiger partial charge is 0.444 e. The first-order chi connectivity index (χ1) is 7.22. The third kappa shape index (κ3) is 3.07. The fourth-order valence-electron chi connectivity index (χ4n) is 1.64. The summed E-state index contributed by atoms with van der Waals surface area (Å²) in [6.45, 7) is 6.99. The molecule has 0 saturated carbocycles. The lowest BCUT2D eigenvalue weighted by Gasteiger charge is -2.38. The minimum Gasteiger partial charge on any atom is -0.444 e. The fraction of sp³-hybridized carbons (Fsp3) is 0.909. The van der Waals surface area contributed by atoms with Gasteiger partial charge in [-0.05, 0) is 27.2 Å². The van der Waals surface area contributed by atoms with Gasteiger partial charge in [-0.15, -0.1) is 0 Å². The van der Waals surface area contributed by atoms with Crippen molar-refractivity contribution in [2.75, 3.05) is 6.54 Å². The van der Waals surface area contributed by atoms with Crippen molar-refractivity contribution in [2.24, 2.45) is 5.92 Å². The number of rotatable bonds is 0. The predicted molar refractivity (Wildman–Crippen MR) is 57.6 cm³/mol. The van der Waals surface area contributed by atoms with Crippen molar-refractivity contribution in [1.29, 1.82) is 0 Å². The van der Waals surface area contributed by atoms with Crippen molar-refractivity contribution >= 4 is 6.09 Å². The highest BCUT2D eigenvalue weighted by Gasteiger charge is 2.38. The van der Waals surface area contributed by atoms with E-state index in [-0.39, 0.29) is 6.54 Å². The molecule has 3 unspecified atom stereocenters. The summed E-state index contributed by atoms with van der Waals surface area (Å²) in [6, 6.07) is 0. The van der Waals surface area contributed by atoms with Crippen LogP contribution < -0.4 is 0 Å². The van der Waals surface area contributed by atoms with Gasteiger partial charge in [-0.1, -0.05) is 6.92 Å². The average molecular weight is 233 g/mol. The van der Waals surface area contributed by atoms with Gasteiger partial charge in [-0.2, -0.15) is 0 Å². The van der Waals surface area contributed by atoms with Crippen LogP contribution in [0.3, 0.4) is 0 Å². The zero-order chi connectivity index (χ0) is 12.5. The highest BCUT2D eigenvalue weighted by molar-refractivity contribution is 5.68. The van der Waals surface area contributed by atoms with Crippen LogP contribution in [0.1, 0.15) is 34.1 Å². The lowest BCUT2D eigenvalue weighted by atomic mass is 9.96. The Bertz CT molecular complexity index is 264. The fourth-order valence-corrected chi connectivity index (χ4v) is 1.64. The maximum absolute atomic E-state index is 13.8. The Labute approximate surface area is 95.4 Å². The second kappa shape index (κ2) is 4.57. The van der Waals surface area contributed by atoms with Crippen molar-refractivity contribution in [3.8, 4) is 0 Å². The van der Waals surface area contributed by atoms with E-state index in [0.29, 0.717) is 6.42 Å². The van der Waals surface area contributed by atoms with Gasteiger partial charge < -0.3 is 9.84 Å². The van der Waals surface area contributed by atoms with Crippen LogP contribution in [-0.2, 0) is 4.74 Å². The number of hydrogen-bond acceptors (Lipinski definition) is 3. The number of likely N-dealkylation sites (tertiary alicyclic amines) is 1. The van der Waals surface area contributed by atoms with Gasteiger partial charge in [0.1, 0.15) is 5.60 Å².